The molecule has 0 bridgehead atoms. The molecule has 5 nitrogen and oxygen atoms in total. The maximum absolute atomic E-state index is 12.5. The number of anilines is 1. The van der Waals surface area contributed by atoms with Crippen LogP contribution < -0.4 is 10.6 Å². The molecule has 6 heteroatoms. The summed E-state index contributed by atoms with van der Waals surface area (Å²) in [5.74, 6) is -0.170. The molecule has 0 aromatic heterocycles. The van der Waals surface area contributed by atoms with E-state index < -0.39 is 0 Å². The van der Waals surface area contributed by atoms with E-state index in [0.29, 0.717) is 6.54 Å². The van der Waals surface area contributed by atoms with E-state index in [2.05, 4.69) is 10.6 Å². The monoisotopic (exact) mass is 337 g/mol. The van der Waals surface area contributed by atoms with Gasteiger partial charge in [0.1, 0.15) is 0 Å². The first-order chi connectivity index (χ1) is 10.9. The average molecular weight is 337 g/mol. The van der Waals surface area contributed by atoms with Crippen LogP contribution in [0.4, 0.5) is 5.69 Å². The lowest BCUT2D eigenvalue weighted by Gasteiger charge is -2.27. The number of carbonyl (C=O) groups is 2. The molecule has 1 aromatic rings. The Morgan fingerprint density at radius 2 is 1.87 bits per heavy atom. The summed E-state index contributed by atoms with van der Waals surface area (Å²) in [5.41, 5.74) is 0.805. The van der Waals surface area contributed by atoms with Crippen LogP contribution in [0.5, 0.6) is 0 Å². The Kier molecular flexibility index (Phi) is 8.12. The molecule has 2 N–H and O–H groups in total. The van der Waals surface area contributed by atoms with Crippen molar-refractivity contribution in [3.8, 4) is 0 Å². The van der Waals surface area contributed by atoms with Crippen molar-refractivity contribution in [1.82, 2.24) is 10.2 Å². The van der Waals surface area contributed by atoms with E-state index in [1.807, 2.05) is 63.1 Å². The molecule has 0 aliphatic rings. The van der Waals surface area contributed by atoms with E-state index in [0.717, 1.165) is 10.6 Å². The Morgan fingerprint density at radius 3 is 2.43 bits per heavy atom. The number of thioether (sulfide) groups is 1. The summed E-state index contributed by atoms with van der Waals surface area (Å²) in [7, 11) is 0. The third-order valence-electron chi connectivity index (χ3n) is 3.49. The van der Waals surface area contributed by atoms with Gasteiger partial charge in [0.25, 0.3) is 0 Å². The Labute approximate surface area is 143 Å². The van der Waals surface area contributed by atoms with Gasteiger partial charge in [-0.1, -0.05) is 19.1 Å². The van der Waals surface area contributed by atoms with E-state index in [1.165, 1.54) is 0 Å². The lowest BCUT2D eigenvalue weighted by atomic mass is 10.2. The quantitative estimate of drug-likeness (QED) is 0.716. The Bertz CT molecular complexity index is 534. The van der Waals surface area contributed by atoms with Gasteiger partial charge in [0.05, 0.1) is 18.3 Å². The van der Waals surface area contributed by atoms with Crippen LogP contribution in [-0.4, -0.2) is 48.1 Å². The molecule has 0 unspecified atom stereocenters. The average Bonchev–Trinajstić information content (AvgIpc) is 2.51. The largest absolute Gasteiger partial charge is 0.353 e. The zero-order chi connectivity index (χ0) is 17.4. The summed E-state index contributed by atoms with van der Waals surface area (Å²) in [6, 6.07) is 7.41. The van der Waals surface area contributed by atoms with Crippen molar-refractivity contribution < 1.29 is 9.59 Å². The van der Waals surface area contributed by atoms with Gasteiger partial charge >= 0.3 is 0 Å². The smallest absolute Gasteiger partial charge is 0.241 e. The standard InChI is InChI=1S/C17H27N3O2S/c1-6-20(11-16(21)18-12(2)3)13(4)17(22)19-14-9-7-8-10-15(14)23-5/h7-10,12-13H,6,11H2,1-5H3,(H,18,21)(H,19,22)/t13-/m0/s1. The zero-order valence-electron chi connectivity index (χ0n) is 14.6. The van der Waals surface area contributed by atoms with Crippen LogP contribution in [0.2, 0.25) is 0 Å². The third kappa shape index (κ3) is 6.23. The van der Waals surface area contributed by atoms with Crippen molar-refractivity contribution in [3.63, 3.8) is 0 Å². The number of para-hydroxylation sites is 1. The van der Waals surface area contributed by atoms with Crippen molar-refractivity contribution >= 4 is 29.3 Å². The minimum Gasteiger partial charge on any atom is -0.353 e. The van der Waals surface area contributed by atoms with E-state index in [-0.39, 0.29) is 30.4 Å². The normalized spacial score (nSPS) is 12.3. The van der Waals surface area contributed by atoms with Gasteiger partial charge in [-0.3, -0.25) is 14.5 Å². The van der Waals surface area contributed by atoms with Crippen LogP contribution in [-0.2, 0) is 9.59 Å². The highest BCUT2D eigenvalue weighted by Gasteiger charge is 2.22. The highest BCUT2D eigenvalue weighted by atomic mass is 32.2. The summed E-state index contributed by atoms with van der Waals surface area (Å²) in [4.78, 5) is 27.3. The first kappa shape index (κ1) is 19.5. The maximum atomic E-state index is 12.5. The number of rotatable bonds is 8. The van der Waals surface area contributed by atoms with Crippen molar-refractivity contribution in [2.45, 2.75) is 44.7 Å². The fraction of sp³-hybridized carbons (Fsp3) is 0.529. The molecule has 1 atom stereocenters. The Morgan fingerprint density at radius 1 is 1.22 bits per heavy atom. The first-order valence-electron chi connectivity index (χ1n) is 7.86. The van der Waals surface area contributed by atoms with Crippen molar-refractivity contribution in [2.24, 2.45) is 0 Å². The topological polar surface area (TPSA) is 61.4 Å². The predicted molar refractivity (Wildman–Crippen MR) is 96.8 cm³/mol. The molecular weight excluding hydrogens is 310 g/mol. The third-order valence-corrected chi connectivity index (χ3v) is 4.29. The molecule has 1 aromatic carbocycles. The van der Waals surface area contributed by atoms with Gasteiger partial charge in [-0.2, -0.15) is 0 Å². The minimum atomic E-state index is -0.382. The summed E-state index contributed by atoms with van der Waals surface area (Å²) >= 11 is 1.59. The van der Waals surface area contributed by atoms with Gasteiger partial charge in [-0.15, -0.1) is 11.8 Å². The lowest BCUT2D eigenvalue weighted by Crippen LogP contribution is -2.47. The summed E-state index contributed by atoms with van der Waals surface area (Å²) in [6.45, 7) is 8.45. The van der Waals surface area contributed by atoms with E-state index in [1.54, 1.807) is 11.8 Å². The predicted octanol–water partition coefficient (Wildman–Crippen LogP) is 2.58. The number of amides is 2. The zero-order valence-corrected chi connectivity index (χ0v) is 15.4. The van der Waals surface area contributed by atoms with Crippen LogP contribution in [0.15, 0.2) is 29.2 Å². The van der Waals surface area contributed by atoms with Crippen LogP contribution >= 0.6 is 11.8 Å². The molecule has 0 fully saturated rings. The van der Waals surface area contributed by atoms with Crippen LogP contribution in [0.25, 0.3) is 0 Å². The molecule has 0 saturated carbocycles. The van der Waals surface area contributed by atoms with E-state index >= 15 is 0 Å². The van der Waals surface area contributed by atoms with E-state index in [9.17, 15) is 9.59 Å². The Hall–Kier alpha value is -1.53. The fourth-order valence-electron chi connectivity index (χ4n) is 2.23. The molecule has 0 aliphatic carbocycles. The summed E-state index contributed by atoms with van der Waals surface area (Å²) < 4.78 is 0. The van der Waals surface area contributed by atoms with Gasteiger partial charge in [0, 0.05) is 10.9 Å². The molecule has 1 rings (SSSR count). The lowest BCUT2D eigenvalue weighted by molar-refractivity contribution is -0.125. The molecule has 0 heterocycles. The summed E-state index contributed by atoms with van der Waals surface area (Å²) in [6.07, 6.45) is 1.98. The second-order valence-corrected chi connectivity index (χ2v) is 6.50. The number of likely N-dealkylation sites (N-methyl/N-ethyl adjacent to an activating group) is 1. The van der Waals surface area contributed by atoms with Crippen LogP contribution in [0, 0.1) is 0 Å². The van der Waals surface area contributed by atoms with Gasteiger partial charge in [0.15, 0.2) is 0 Å². The van der Waals surface area contributed by atoms with Gasteiger partial charge < -0.3 is 10.6 Å². The molecular formula is C17H27N3O2S. The van der Waals surface area contributed by atoms with Crippen LogP contribution in [0.3, 0.4) is 0 Å². The number of nitrogens with zero attached hydrogens (tertiary/aromatic N) is 1. The number of nitrogens with one attached hydrogen (secondary N) is 2. The number of carbonyl (C=O) groups excluding carboxylic acids is 2. The minimum absolute atomic E-state index is 0.0639. The highest BCUT2D eigenvalue weighted by Crippen LogP contribution is 2.24. The molecule has 0 radical (unpaired) electrons. The maximum Gasteiger partial charge on any atom is 0.241 e. The fourth-order valence-corrected chi connectivity index (χ4v) is 2.78. The number of benzene rings is 1. The molecule has 128 valence electrons. The van der Waals surface area contributed by atoms with Crippen molar-refractivity contribution in [3.05, 3.63) is 24.3 Å². The molecule has 2 amide bonds. The second-order valence-electron chi connectivity index (χ2n) is 5.65. The van der Waals surface area contributed by atoms with Crippen LogP contribution in [0.1, 0.15) is 27.7 Å². The molecule has 23 heavy (non-hydrogen) atoms. The molecule has 0 aliphatic heterocycles. The van der Waals surface area contributed by atoms with Gasteiger partial charge in [-0.05, 0) is 45.7 Å². The second kappa shape index (κ2) is 9.57. The van der Waals surface area contributed by atoms with Crippen molar-refractivity contribution in [1.29, 1.82) is 0 Å². The van der Waals surface area contributed by atoms with Crippen molar-refractivity contribution in [2.75, 3.05) is 24.7 Å². The van der Waals surface area contributed by atoms with Gasteiger partial charge in [0.2, 0.25) is 11.8 Å². The number of hydrogen-bond donors (Lipinski definition) is 2. The van der Waals surface area contributed by atoms with E-state index in [4.69, 9.17) is 0 Å². The number of hydrogen-bond acceptors (Lipinski definition) is 4. The van der Waals surface area contributed by atoms with Gasteiger partial charge in [-0.25, -0.2) is 0 Å². The molecule has 0 spiro atoms. The first-order valence-corrected chi connectivity index (χ1v) is 9.08. The summed E-state index contributed by atoms with van der Waals surface area (Å²) in [5, 5.41) is 5.81. The molecule has 0 saturated heterocycles. The SMILES string of the molecule is CCN(CC(=O)NC(C)C)[C@@H](C)C(=O)Nc1ccccc1SC. The highest BCUT2D eigenvalue weighted by molar-refractivity contribution is 7.98. The Balaban J connectivity index is 2.71.